The standard InChI is InChI=1S/C43H65O8P/c1-4-7-9-11-13-15-17-19-21-22-24-26-28-30-32-34-36-38-43(45)51-41(40-50-52(46,47)49-6-3)39-48-42(44)37-35-33-31-29-27-25-23-20-18-16-14-12-10-8-5-2/h7-10,13-16,19-21,23-24,26-27,29-30,32-33,35,41H,4-6,11-12,17-18,22,25,28,31,34,36-40H2,1-3H3,(H,46,47)/b9-7-,10-8-,15-13-,16-14-,21-19-,23-20-,26-24-,29-27-,32-30-,35-33-. The molecule has 0 aliphatic carbocycles. The molecule has 0 saturated carbocycles. The molecule has 0 aromatic rings. The molecule has 0 spiro atoms. The smallest absolute Gasteiger partial charge is 0.461 e. The molecule has 0 bridgehead atoms. The summed E-state index contributed by atoms with van der Waals surface area (Å²) in [6.07, 6.45) is 51.5. The van der Waals surface area contributed by atoms with Gasteiger partial charge in [0.05, 0.1) is 19.6 Å². The summed E-state index contributed by atoms with van der Waals surface area (Å²) in [5.41, 5.74) is 0. The first-order valence-electron chi connectivity index (χ1n) is 18.8. The van der Waals surface area contributed by atoms with Crippen LogP contribution in [0.25, 0.3) is 0 Å². The lowest BCUT2D eigenvalue weighted by Crippen LogP contribution is -2.29. The molecule has 0 fully saturated rings. The maximum Gasteiger partial charge on any atom is 0.472 e. The summed E-state index contributed by atoms with van der Waals surface area (Å²) >= 11 is 0. The minimum absolute atomic E-state index is 0.0315. The van der Waals surface area contributed by atoms with Gasteiger partial charge >= 0.3 is 19.8 Å². The largest absolute Gasteiger partial charge is 0.472 e. The molecule has 0 saturated heterocycles. The Balaban J connectivity index is 4.44. The Kier molecular flexibility index (Phi) is 34.7. The van der Waals surface area contributed by atoms with Gasteiger partial charge in [-0.2, -0.15) is 0 Å². The molecule has 2 atom stereocenters. The van der Waals surface area contributed by atoms with Crippen LogP contribution in [0.2, 0.25) is 0 Å². The van der Waals surface area contributed by atoms with E-state index in [0.717, 1.165) is 57.8 Å². The molecule has 8 nitrogen and oxygen atoms in total. The fourth-order valence-electron chi connectivity index (χ4n) is 4.15. The van der Waals surface area contributed by atoms with E-state index in [-0.39, 0.29) is 26.1 Å². The van der Waals surface area contributed by atoms with E-state index in [1.54, 1.807) is 13.0 Å². The molecule has 52 heavy (non-hydrogen) atoms. The van der Waals surface area contributed by atoms with Crippen molar-refractivity contribution < 1.29 is 37.6 Å². The van der Waals surface area contributed by atoms with Crippen LogP contribution in [0.5, 0.6) is 0 Å². The van der Waals surface area contributed by atoms with Gasteiger partial charge in [0.1, 0.15) is 6.61 Å². The molecule has 0 rings (SSSR count). The monoisotopic (exact) mass is 740 g/mol. The normalized spacial score (nSPS) is 14.8. The third-order valence-corrected chi connectivity index (χ3v) is 7.86. The number of hydrogen-bond donors (Lipinski definition) is 1. The zero-order chi connectivity index (χ0) is 38.2. The quantitative estimate of drug-likeness (QED) is 0.0314. The van der Waals surface area contributed by atoms with Gasteiger partial charge in [-0.15, -0.1) is 0 Å². The molecule has 0 aliphatic rings. The Hall–Kier alpha value is -3.55. The van der Waals surface area contributed by atoms with Gasteiger partial charge in [-0.05, 0) is 84.0 Å². The van der Waals surface area contributed by atoms with Gasteiger partial charge in [-0.3, -0.25) is 18.6 Å². The minimum Gasteiger partial charge on any atom is -0.461 e. The van der Waals surface area contributed by atoms with Crippen LogP contribution < -0.4 is 0 Å². The molecular weight excluding hydrogens is 675 g/mol. The van der Waals surface area contributed by atoms with Gasteiger partial charge in [0.2, 0.25) is 0 Å². The predicted octanol–water partition coefficient (Wildman–Crippen LogP) is 11.7. The number of phosphoric acid groups is 1. The number of esters is 2. The highest BCUT2D eigenvalue weighted by atomic mass is 31.2. The van der Waals surface area contributed by atoms with Crippen molar-refractivity contribution in [3.8, 4) is 0 Å². The highest BCUT2D eigenvalue weighted by molar-refractivity contribution is 7.47. The highest BCUT2D eigenvalue weighted by Gasteiger charge is 2.25. The minimum atomic E-state index is -4.32. The lowest BCUT2D eigenvalue weighted by molar-refractivity contribution is -0.160. The molecule has 0 amide bonds. The molecule has 2 unspecified atom stereocenters. The number of carbonyl (C=O) groups is 2. The molecule has 1 N–H and O–H groups in total. The van der Waals surface area contributed by atoms with E-state index in [9.17, 15) is 19.0 Å². The van der Waals surface area contributed by atoms with Crippen molar-refractivity contribution in [2.45, 2.75) is 117 Å². The molecule has 0 radical (unpaired) electrons. The molecule has 0 heterocycles. The first-order valence-corrected chi connectivity index (χ1v) is 20.3. The number of unbranched alkanes of at least 4 members (excludes halogenated alkanes) is 1. The van der Waals surface area contributed by atoms with Crippen LogP contribution in [-0.4, -0.2) is 42.8 Å². The van der Waals surface area contributed by atoms with Crippen LogP contribution in [0.1, 0.15) is 111 Å². The number of hydrogen-bond acceptors (Lipinski definition) is 7. The Morgan fingerprint density at radius 1 is 0.538 bits per heavy atom. The first-order chi connectivity index (χ1) is 25.3. The molecule has 0 aliphatic heterocycles. The summed E-state index contributed by atoms with van der Waals surface area (Å²) in [6, 6.07) is 0. The number of ether oxygens (including phenoxy) is 2. The fraction of sp³-hybridized carbons (Fsp3) is 0.488. The number of rotatable bonds is 32. The van der Waals surface area contributed by atoms with Crippen LogP contribution in [0.3, 0.4) is 0 Å². The Bertz CT molecular complexity index is 1250. The molecule has 0 aromatic heterocycles. The average molecular weight is 741 g/mol. The van der Waals surface area contributed by atoms with Gasteiger partial charge in [0.25, 0.3) is 0 Å². The van der Waals surface area contributed by atoms with Gasteiger partial charge < -0.3 is 14.4 Å². The van der Waals surface area contributed by atoms with Crippen molar-refractivity contribution in [1.82, 2.24) is 0 Å². The van der Waals surface area contributed by atoms with Crippen LogP contribution in [-0.2, 0) is 32.7 Å². The molecule has 290 valence electrons. The topological polar surface area (TPSA) is 108 Å². The summed E-state index contributed by atoms with van der Waals surface area (Å²) in [5, 5.41) is 0. The Morgan fingerprint density at radius 3 is 1.37 bits per heavy atom. The van der Waals surface area contributed by atoms with E-state index < -0.39 is 32.5 Å². The first kappa shape index (κ1) is 48.5. The zero-order valence-corrected chi connectivity index (χ0v) is 32.8. The second kappa shape index (κ2) is 37.2. The summed E-state index contributed by atoms with van der Waals surface area (Å²) in [6.45, 7) is 5.01. The van der Waals surface area contributed by atoms with Crippen molar-refractivity contribution in [3.05, 3.63) is 122 Å². The highest BCUT2D eigenvalue weighted by Crippen LogP contribution is 2.43. The summed E-state index contributed by atoms with van der Waals surface area (Å²) in [4.78, 5) is 34.5. The van der Waals surface area contributed by atoms with E-state index in [1.807, 2.05) is 18.2 Å². The van der Waals surface area contributed by atoms with Gasteiger partial charge in [-0.25, -0.2) is 4.57 Å². The third-order valence-electron chi connectivity index (χ3n) is 6.80. The van der Waals surface area contributed by atoms with E-state index in [2.05, 4.69) is 111 Å². The lowest BCUT2D eigenvalue weighted by atomic mass is 10.2. The van der Waals surface area contributed by atoms with Crippen LogP contribution in [0.4, 0.5) is 0 Å². The third kappa shape index (κ3) is 36.2. The summed E-state index contributed by atoms with van der Waals surface area (Å²) < 4.78 is 32.3. The van der Waals surface area contributed by atoms with E-state index in [1.165, 1.54) is 0 Å². The summed E-state index contributed by atoms with van der Waals surface area (Å²) in [5.74, 6) is -1.03. The second-order valence-electron chi connectivity index (χ2n) is 11.5. The maximum atomic E-state index is 12.5. The predicted molar refractivity (Wildman–Crippen MR) is 216 cm³/mol. The average Bonchev–Trinajstić information content (AvgIpc) is 3.12. The van der Waals surface area contributed by atoms with Crippen molar-refractivity contribution in [3.63, 3.8) is 0 Å². The Labute approximate surface area is 314 Å². The van der Waals surface area contributed by atoms with Gasteiger partial charge in [0.15, 0.2) is 6.10 Å². The zero-order valence-electron chi connectivity index (χ0n) is 31.9. The van der Waals surface area contributed by atoms with Crippen molar-refractivity contribution >= 4 is 19.8 Å². The van der Waals surface area contributed by atoms with Crippen molar-refractivity contribution in [2.24, 2.45) is 0 Å². The van der Waals surface area contributed by atoms with E-state index in [0.29, 0.717) is 19.3 Å². The SMILES string of the molecule is CC/C=C\C/C=C\C/C=C\C/C=C\C/C=C\CCCC(=O)OC(COC(=O)C/C=C\C/C=C\C/C=C\C/C=C\C/C=C\CC)COP(=O)(O)OCC. The van der Waals surface area contributed by atoms with Crippen LogP contribution >= 0.6 is 7.82 Å². The Morgan fingerprint density at radius 2 is 0.942 bits per heavy atom. The van der Waals surface area contributed by atoms with E-state index >= 15 is 0 Å². The fourth-order valence-corrected chi connectivity index (χ4v) is 4.90. The number of allylic oxidation sites excluding steroid dienone is 19. The maximum absolute atomic E-state index is 12.5. The van der Waals surface area contributed by atoms with Crippen LogP contribution in [0.15, 0.2) is 122 Å². The lowest BCUT2D eigenvalue weighted by Gasteiger charge is -2.19. The second-order valence-corrected chi connectivity index (χ2v) is 12.9. The molecular formula is C43H65O8P. The number of carbonyl (C=O) groups excluding carboxylic acids is 2. The van der Waals surface area contributed by atoms with Gasteiger partial charge in [-0.1, -0.05) is 135 Å². The van der Waals surface area contributed by atoms with Crippen LogP contribution in [0, 0.1) is 0 Å². The summed E-state index contributed by atoms with van der Waals surface area (Å²) in [7, 11) is -4.32. The molecule has 9 heteroatoms. The van der Waals surface area contributed by atoms with E-state index in [4.69, 9.17) is 18.5 Å². The molecule has 0 aromatic carbocycles. The van der Waals surface area contributed by atoms with Crippen molar-refractivity contribution in [2.75, 3.05) is 19.8 Å². The van der Waals surface area contributed by atoms with Crippen molar-refractivity contribution in [1.29, 1.82) is 0 Å². The number of phosphoric ester groups is 1. The van der Waals surface area contributed by atoms with Gasteiger partial charge in [0, 0.05) is 6.42 Å².